The van der Waals surface area contributed by atoms with Crippen molar-refractivity contribution in [1.82, 2.24) is 0 Å². The second kappa shape index (κ2) is 6.40. The first-order valence-electron chi connectivity index (χ1n) is 10.2. The van der Waals surface area contributed by atoms with Gasteiger partial charge < -0.3 is 15.4 Å². The summed E-state index contributed by atoms with van der Waals surface area (Å²) in [5.74, 6) is -1.32. The number of amides is 3. The predicted octanol–water partition coefficient (Wildman–Crippen LogP) is 1.25. The normalized spacial score (nSPS) is 29.5. The molecule has 3 heterocycles. The Hall–Kier alpha value is -3.19. The molecule has 1 spiro atoms. The van der Waals surface area contributed by atoms with E-state index in [4.69, 9.17) is 4.74 Å². The molecule has 7 heteroatoms. The Bertz CT molecular complexity index is 1060. The first kappa shape index (κ1) is 18.8. The van der Waals surface area contributed by atoms with E-state index in [1.54, 1.807) is 31.4 Å². The molecule has 2 aromatic carbocycles. The fourth-order valence-corrected chi connectivity index (χ4v) is 5.44. The van der Waals surface area contributed by atoms with Gasteiger partial charge in [0.05, 0.1) is 18.5 Å². The largest absolute Gasteiger partial charge is 0.497 e. The number of para-hydroxylation sites is 1. The summed E-state index contributed by atoms with van der Waals surface area (Å²) in [6.07, 6.45) is 0. The van der Waals surface area contributed by atoms with Crippen LogP contribution in [0.3, 0.4) is 0 Å². The zero-order valence-electron chi connectivity index (χ0n) is 17.1. The number of quaternary nitrogens is 1. The first-order valence-corrected chi connectivity index (χ1v) is 10.2. The van der Waals surface area contributed by atoms with Gasteiger partial charge in [0.1, 0.15) is 23.6 Å². The fraction of sp³-hybridized carbons (Fsp3) is 0.348. The molecule has 0 unspecified atom stereocenters. The minimum atomic E-state index is -1.12. The summed E-state index contributed by atoms with van der Waals surface area (Å²) in [5.41, 5.74) is 0.880. The average Bonchev–Trinajstić information content (AvgIpc) is 3.33. The Balaban J connectivity index is 1.65. The van der Waals surface area contributed by atoms with Crippen LogP contribution in [0.1, 0.15) is 19.4 Å². The van der Waals surface area contributed by atoms with Gasteiger partial charge >= 0.3 is 0 Å². The highest BCUT2D eigenvalue weighted by molar-refractivity contribution is 6.25. The van der Waals surface area contributed by atoms with Crippen LogP contribution in [-0.4, -0.2) is 30.9 Å². The van der Waals surface area contributed by atoms with E-state index >= 15 is 0 Å². The molecule has 2 fully saturated rings. The van der Waals surface area contributed by atoms with Crippen LogP contribution in [-0.2, 0) is 19.9 Å². The minimum Gasteiger partial charge on any atom is -0.497 e. The molecule has 0 bridgehead atoms. The number of benzene rings is 2. The number of hydrogen-bond donors (Lipinski definition) is 2. The van der Waals surface area contributed by atoms with Gasteiger partial charge in [0.2, 0.25) is 17.4 Å². The van der Waals surface area contributed by atoms with E-state index < -0.39 is 17.4 Å². The van der Waals surface area contributed by atoms with E-state index in [-0.39, 0.29) is 29.7 Å². The molecule has 3 amide bonds. The number of carbonyl (C=O) groups is 3. The lowest BCUT2D eigenvalue weighted by Gasteiger charge is -2.27. The molecular weight excluding hydrogens is 382 g/mol. The van der Waals surface area contributed by atoms with Crippen molar-refractivity contribution >= 4 is 29.1 Å². The summed E-state index contributed by atoms with van der Waals surface area (Å²) in [6, 6.07) is 14.1. The minimum absolute atomic E-state index is 0.116. The summed E-state index contributed by atoms with van der Waals surface area (Å²) < 4.78 is 5.19. The lowest BCUT2D eigenvalue weighted by molar-refractivity contribution is -0.738. The number of rotatable bonds is 3. The Morgan fingerprint density at radius 1 is 1.03 bits per heavy atom. The number of imide groups is 1. The second-order valence-corrected chi connectivity index (χ2v) is 8.57. The SMILES string of the molecule is COc1ccc(N2C(=O)[C@H]3[C@@H](C2=O)[C@]2([NH2+][C@H]3C(C)C)C(=O)Nc3ccccc32)cc1. The quantitative estimate of drug-likeness (QED) is 0.751. The molecule has 2 aromatic rings. The van der Waals surface area contributed by atoms with Gasteiger partial charge in [-0.15, -0.1) is 0 Å². The van der Waals surface area contributed by atoms with Gasteiger partial charge in [-0.05, 0) is 30.3 Å². The van der Waals surface area contributed by atoms with Gasteiger partial charge in [0.25, 0.3) is 5.91 Å². The number of ether oxygens (including phenoxy) is 1. The van der Waals surface area contributed by atoms with E-state index in [1.807, 2.05) is 43.4 Å². The first-order chi connectivity index (χ1) is 14.4. The molecule has 0 radical (unpaired) electrons. The fourth-order valence-electron chi connectivity index (χ4n) is 5.44. The van der Waals surface area contributed by atoms with E-state index in [0.29, 0.717) is 17.1 Å². The molecule has 30 heavy (non-hydrogen) atoms. The second-order valence-electron chi connectivity index (χ2n) is 8.57. The van der Waals surface area contributed by atoms with Crippen molar-refractivity contribution in [2.45, 2.75) is 25.4 Å². The van der Waals surface area contributed by atoms with Crippen molar-refractivity contribution in [2.24, 2.45) is 17.8 Å². The highest BCUT2D eigenvalue weighted by Gasteiger charge is 2.74. The van der Waals surface area contributed by atoms with Gasteiger partial charge in [-0.1, -0.05) is 32.0 Å². The molecule has 3 aliphatic heterocycles. The molecule has 3 aliphatic rings. The number of nitrogens with two attached hydrogens (primary N) is 1. The Morgan fingerprint density at radius 2 is 1.73 bits per heavy atom. The van der Waals surface area contributed by atoms with Crippen LogP contribution in [0.25, 0.3) is 0 Å². The topological polar surface area (TPSA) is 92.3 Å². The maximum absolute atomic E-state index is 13.7. The molecule has 3 N–H and O–H groups in total. The number of methoxy groups -OCH3 is 1. The maximum atomic E-state index is 13.7. The molecule has 2 saturated heterocycles. The summed E-state index contributed by atoms with van der Waals surface area (Å²) in [6.45, 7) is 4.06. The van der Waals surface area contributed by atoms with Crippen LogP contribution in [0.4, 0.5) is 11.4 Å². The van der Waals surface area contributed by atoms with Crippen molar-refractivity contribution in [3.05, 3.63) is 54.1 Å². The lowest BCUT2D eigenvalue weighted by atomic mass is 9.76. The third-order valence-corrected chi connectivity index (χ3v) is 6.81. The average molecular weight is 406 g/mol. The number of hydrogen-bond acceptors (Lipinski definition) is 4. The van der Waals surface area contributed by atoms with E-state index in [0.717, 1.165) is 5.56 Å². The van der Waals surface area contributed by atoms with Crippen LogP contribution in [0.5, 0.6) is 5.75 Å². The smallest absolute Gasteiger partial charge is 0.291 e. The van der Waals surface area contributed by atoms with Crippen LogP contribution in [0.15, 0.2) is 48.5 Å². The Morgan fingerprint density at radius 3 is 2.40 bits per heavy atom. The lowest BCUT2D eigenvalue weighted by Crippen LogP contribution is -2.99. The number of fused-ring (bicyclic) bond motifs is 4. The van der Waals surface area contributed by atoms with E-state index in [9.17, 15) is 14.4 Å². The highest BCUT2D eigenvalue weighted by Crippen LogP contribution is 2.50. The van der Waals surface area contributed by atoms with E-state index in [1.165, 1.54) is 4.90 Å². The van der Waals surface area contributed by atoms with Crippen LogP contribution >= 0.6 is 0 Å². The predicted molar refractivity (Wildman–Crippen MR) is 110 cm³/mol. The van der Waals surface area contributed by atoms with Crippen molar-refractivity contribution in [2.75, 3.05) is 17.3 Å². The van der Waals surface area contributed by atoms with Crippen LogP contribution < -0.4 is 20.3 Å². The Labute approximate surface area is 174 Å². The number of anilines is 2. The standard InChI is InChI=1S/C23H23N3O4/c1-12(2)19-17-18(23(25-19)15-6-4-5-7-16(15)24-22(23)29)21(28)26(20(17)27)13-8-10-14(30-3)11-9-13/h4-12,17-19,25H,1-3H3,(H,24,29)/p+1/t17-,18-,19-,23-/m0/s1. The van der Waals surface area contributed by atoms with Crippen molar-refractivity contribution in [1.29, 1.82) is 0 Å². The van der Waals surface area contributed by atoms with Crippen molar-refractivity contribution < 1.29 is 24.4 Å². The molecule has 5 rings (SSSR count). The highest BCUT2D eigenvalue weighted by atomic mass is 16.5. The van der Waals surface area contributed by atoms with Crippen LogP contribution in [0, 0.1) is 17.8 Å². The third kappa shape index (κ3) is 2.26. The number of nitrogens with zero attached hydrogens (tertiary/aromatic N) is 1. The van der Waals surface area contributed by atoms with E-state index in [2.05, 4.69) is 5.32 Å². The van der Waals surface area contributed by atoms with Gasteiger partial charge in [0, 0.05) is 11.5 Å². The molecular formula is C23H24N3O4+. The molecule has 0 saturated carbocycles. The van der Waals surface area contributed by atoms with Gasteiger partial charge in [-0.2, -0.15) is 0 Å². The van der Waals surface area contributed by atoms with Gasteiger partial charge in [-0.3, -0.25) is 14.4 Å². The molecule has 0 aliphatic carbocycles. The van der Waals surface area contributed by atoms with Crippen LogP contribution in [0.2, 0.25) is 0 Å². The molecule has 154 valence electrons. The van der Waals surface area contributed by atoms with Crippen molar-refractivity contribution in [3.8, 4) is 5.75 Å². The molecule has 4 atom stereocenters. The zero-order valence-corrected chi connectivity index (χ0v) is 17.1. The summed E-state index contributed by atoms with van der Waals surface area (Å²) in [7, 11) is 1.56. The summed E-state index contributed by atoms with van der Waals surface area (Å²) in [5, 5.41) is 4.91. The monoisotopic (exact) mass is 406 g/mol. The van der Waals surface area contributed by atoms with Gasteiger partial charge in [0.15, 0.2) is 0 Å². The third-order valence-electron chi connectivity index (χ3n) is 6.81. The van der Waals surface area contributed by atoms with Gasteiger partial charge in [-0.25, -0.2) is 4.90 Å². The zero-order chi connectivity index (χ0) is 21.2. The Kier molecular flexibility index (Phi) is 4.02. The van der Waals surface area contributed by atoms with Crippen molar-refractivity contribution in [3.63, 3.8) is 0 Å². The number of carbonyl (C=O) groups excluding carboxylic acids is 3. The summed E-state index contributed by atoms with van der Waals surface area (Å²) >= 11 is 0. The maximum Gasteiger partial charge on any atom is 0.291 e. The molecule has 0 aromatic heterocycles. The summed E-state index contributed by atoms with van der Waals surface area (Å²) in [4.78, 5) is 41.8. The molecule has 7 nitrogen and oxygen atoms in total. The number of nitrogens with one attached hydrogen (secondary N) is 1.